The Morgan fingerprint density at radius 2 is 1.83 bits per heavy atom. The SMILES string of the molecule is COc1cc(OC)cc(C(=O)Nc2nc(=O)n([C@@H]3O[C@H](C)[C@@H](O)[C@H]3O)cc2F)c1. The van der Waals surface area contributed by atoms with E-state index < -0.39 is 47.8 Å². The zero-order valence-corrected chi connectivity index (χ0v) is 15.8. The van der Waals surface area contributed by atoms with Crippen molar-refractivity contribution in [1.82, 2.24) is 9.55 Å². The lowest BCUT2D eigenvalue weighted by molar-refractivity contribution is -0.0355. The van der Waals surface area contributed by atoms with Gasteiger partial charge in [0.15, 0.2) is 17.9 Å². The van der Waals surface area contributed by atoms with Crippen LogP contribution in [0.1, 0.15) is 23.5 Å². The quantitative estimate of drug-likeness (QED) is 0.642. The van der Waals surface area contributed by atoms with Gasteiger partial charge in [-0.2, -0.15) is 4.98 Å². The molecule has 0 bridgehead atoms. The highest BCUT2D eigenvalue weighted by molar-refractivity contribution is 6.04. The Bertz CT molecular complexity index is 958. The topological polar surface area (TPSA) is 132 Å². The predicted molar refractivity (Wildman–Crippen MR) is 97.6 cm³/mol. The van der Waals surface area contributed by atoms with Crippen molar-refractivity contribution in [2.24, 2.45) is 0 Å². The molecule has 1 saturated heterocycles. The summed E-state index contributed by atoms with van der Waals surface area (Å²) in [5.41, 5.74) is -0.881. The molecule has 3 N–H and O–H groups in total. The maximum absolute atomic E-state index is 14.5. The van der Waals surface area contributed by atoms with E-state index >= 15 is 0 Å². The van der Waals surface area contributed by atoms with Gasteiger partial charge in [-0.15, -0.1) is 0 Å². The van der Waals surface area contributed by atoms with Crippen molar-refractivity contribution in [3.63, 3.8) is 0 Å². The van der Waals surface area contributed by atoms with Crippen molar-refractivity contribution < 1.29 is 33.6 Å². The molecule has 2 aromatic rings. The Hall–Kier alpha value is -3.02. The van der Waals surface area contributed by atoms with Gasteiger partial charge in [0, 0.05) is 11.6 Å². The maximum atomic E-state index is 14.5. The molecular formula is C18H20FN3O7. The summed E-state index contributed by atoms with van der Waals surface area (Å²) in [5, 5.41) is 22.0. The van der Waals surface area contributed by atoms with E-state index in [0.29, 0.717) is 11.5 Å². The molecule has 1 aromatic carbocycles. The highest BCUT2D eigenvalue weighted by atomic mass is 19.1. The van der Waals surface area contributed by atoms with Crippen LogP contribution in [0.25, 0.3) is 0 Å². The van der Waals surface area contributed by atoms with Crippen LogP contribution in [-0.2, 0) is 4.74 Å². The van der Waals surface area contributed by atoms with E-state index in [2.05, 4.69) is 10.3 Å². The van der Waals surface area contributed by atoms with Crippen molar-refractivity contribution in [3.8, 4) is 11.5 Å². The number of nitrogens with one attached hydrogen (secondary N) is 1. The lowest BCUT2D eigenvalue weighted by atomic mass is 10.1. The van der Waals surface area contributed by atoms with Crippen LogP contribution in [0, 0.1) is 5.82 Å². The van der Waals surface area contributed by atoms with Crippen LogP contribution in [0.2, 0.25) is 0 Å². The van der Waals surface area contributed by atoms with Gasteiger partial charge >= 0.3 is 5.69 Å². The first-order chi connectivity index (χ1) is 13.7. The number of benzene rings is 1. The second-order valence-corrected chi connectivity index (χ2v) is 6.40. The van der Waals surface area contributed by atoms with Crippen LogP contribution < -0.4 is 20.5 Å². The first-order valence-corrected chi connectivity index (χ1v) is 8.60. The van der Waals surface area contributed by atoms with Crippen molar-refractivity contribution >= 4 is 11.7 Å². The van der Waals surface area contributed by atoms with Crippen LogP contribution in [0.15, 0.2) is 29.2 Å². The van der Waals surface area contributed by atoms with E-state index in [9.17, 15) is 24.2 Å². The van der Waals surface area contributed by atoms with Gasteiger partial charge < -0.3 is 29.7 Å². The summed E-state index contributed by atoms with van der Waals surface area (Å²) in [5.74, 6) is -1.68. The van der Waals surface area contributed by atoms with E-state index in [-0.39, 0.29) is 5.56 Å². The van der Waals surface area contributed by atoms with Gasteiger partial charge in [-0.1, -0.05) is 0 Å². The highest BCUT2D eigenvalue weighted by Crippen LogP contribution is 2.28. The molecule has 0 saturated carbocycles. The van der Waals surface area contributed by atoms with Gasteiger partial charge in [-0.3, -0.25) is 9.36 Å². The van der Waals surface area contributed by atoms with Gasteiger partial charge in [-0.25, -0.2) is 9.18 Å². The molecular weight excluding hydrogens is 389 g/mol. The Labute approximate surface area is 164 Å². The van der Waals surface area contributed by atoms with Crippen molar-refractivity contribution in [2.45, 2.75) is 31.5 Å². The Morgan fingerprint density at radius 1 is 1.21 bits per heavy atom. The van der Waals surface area contributed by atoms with E-state index in [1.807, 2.05) is 0 Å². The highest BCUT2D eigenvalue weighted by Gasteiger charge is 2.42. The molecule has 0 spiro atoms. The fourth-order valence-electron chi connectivity index (χ4n) is 2.89. The molecule has 0 aliphatic carbocycles. The minimum atomic E-state index is -1.44. The standard InChI is InChI=1S/C18H20FN3O7/c1-8-13(23)14(24)17(29-8)22-7-12(19)15(21-18(22)26)20-16(25)9-4-10(27-2)6-11(5-9)28-3/h4-8,13-14,17,23-24H,1-3H3,(H,20,21,25,26)/t8-,13-,14-,17-/m1/s1. The minimum absolute atomic E-state index is 0.0954. The average Bonchev–Trinajstić information content (AvgIpc) is 2.97. The maximum Gasteiger partial charge on any atom is 0.351 e. The average molecular weight is 409 g/mol. The van der Waals surface area contributed by atoms with E-state index in [1.54, 1.807) is 6.07 Å². The number of aliphatic hydroxyl groups excluding tert-OH is 2. The van der Waals surface area contributed by atoms with Crippen molar-refractivity contribution in [1.29, 1.82) is 0 Å². The van der Waals surface area contributed by atoms with Gasteiger partial charge in [0.05, 0.1) is 26.5 Å². The lowest BCUT2D eigenvalue weighted by Gasteiger charge is -2.17. The second-order valence-electron chi connectivity index (χ2n) is 6.40. The molecule has 1 aromatic heterocycles. The molecule has 3 rings (SSSR count). The van der Waals surface area contributed by atoms with Crippen LogP contribution in [-0.4, -0.2) is 58.2 Å². The predicted octanol–water partition coefficient (Wildman–Crippen LogP) is 0.291. The third-order valence-corrected chi connectivity index (χ3v) is 4.50. The summed E-state index contributed by atoms with van der Waals surface area (Å²) >= 11 is 0. The van der Waals surface area contributed by atoms with Crippen molar-refractivity contribution in [2.75, 3.05) is 19.5 Å². The molecule has 1 aliphatic heterocycles. The molecule has 1 amide bonds. The molecule has 11 heteroatoms. The summed E-state index contributed by atoms with van der Waals surface area (Å²) in [6, 6.07) is 4.37. The van der Waals surface area contributed by atoms with E-state index in [0.717, 1.165) is 10.8 Å². The first kappa shape index (κ1) is 20.7. The number of nitrogens with zero attached hydrogens (tertiary/aromatic N) is 2. The van der Waals surface area contributed by atoms with Crippen LogP contribution >= 0.6 is 0 Å². The first-order valence-electron chi connectivity index (χ1n) is 8.60. The van der Waals surface area contributed by atoms with Crippen LogP contribution in [0.5, 0.6) is 11.5 Å². The molecule has 1 aliphatic rings. The molecule has 0 radical (unpaired) electrons. The number of anilines is 1. The Balaban J connectivity index is 1.87. The number of hydrogen-bond acceptors (Lipinski definition) is 8. The number of methoxy groups -OCH3 is 2. The monoisotopic (exact) mass is 409 g/mol. The molecule has 0 unspecified atom stereocenters. The number of aromatic nitrogens is 2. The number of carbonyl (C=O) groups is 1. The van der Waals surface area contributed by atoms with Crippen LogP contribution in [0.3, 0.4) is 0 Å². The normalized spacial score (nSPS) is 23.7. The smallest absolute Gasteiger partial charge is 0.351 e. The number of ether oxygens (including phenoxy) is 3. The summed E-state index contributed by atoms with van der Waals surface area (Å²) in [6.45, 7) is 1.50. The Kier molecular flexibility index (Phi) is 5.82. The van der Waals surface area contributed by atoms with Crippen LogP contribution in [0.4, 0.5) is 10.2 Å². The summed E-state index contributed by atoms with van der Waals surface area (Å²) < 4.78 is 30.7. The van der Waals surface area contributed by atoms with Gasteiger partial charge in [-0.05, 0) is 19.1 Å². The van der Waals surface area contributed by atoms with Gasteiger partial charge in [0.1, 0.15) is 23.7 Å². The molecule has 2 heterocycles. The van der Waals surface area contributed by atoms with Gasteiger partial charge in [0.2, 0.25) is 0 Å². The van der Waals surface area contributed by atoms with Crippen molar-refractivity contribution in [3.05, 3.63) is 46.3 Å². The van der Waals surface area contributed by atoms with Gasteiger partial charge in [0.25, 0.3) is 5.91 Å². The number of rotatable bonds is 5. The zero-order chi connectivity index (χ0) is 21.3. The molecule has 29 heavy (non-hydrogen) atoms. The third-order valence-electron chi connectivity index (χ3n) is 4.50. The molecule has 156 valence electrons. The number of halogens is 1. The largest absolute Gasteiger partial charge is 0.497 e. The summed E-state index contributed by atoms with van der Waals surface area (Å²) in [6.07, 6.45) is -3.99. The van der Waals surface area contributed by atoms with E-state index in [4.69, 9.17) is 14.2 Å². The molecule has 10 nitrogen and oxygen atoms in total. The number of aliphatic hydroxyl groups is 2. The Morgan fingerprint density at radius 3 is 2.34 bits per heavy atom. The summed E-state index contributed by atoms with van der Waals surface area (Å²) in [7, 11) is 2.82. The second kappa shape index (κ2) is 8.15. The third kappa shape index (κ3) is 4.06. The fraction of sp³-hybridized carbons (Fsp3) is 0.389. The molecule has 4 atom stereocenters. The summed E-state index contributed by atoms with van der Waals surface area (Å²) in [4.78, 5) is 28.3. The zero-order valence-electron chi connectivity index (χ0n) is 15.8. The fourth-order valence-corrected chi connectivity index (χ4v) is 2.89. The van der Waals surface area contributed by atoms with E-state index in [1.165, 1.54) is 33.3 Å². The minimum Gasteiger partial charge on any atom is -0.497 e. The lowest BCUT2D eigenvalue weighted by Crippen LogP contribution is -2.36. The number of amides is 1. The number of carbonyl (C=O) groups excluding carboxylic acids is 1. The number of hydrogen-bond donors (Lipinski definition) is 3. The molecule has 1 fully saturated rings.